The van der Waals surface area contributed by atoms with E-state index in [9.17, 15) is 13.2 Å². The number of hydrogen-bond donors (Lipinski definition) is 2. The fourth-order valence-electron chi connectivity index (χ4n) is 0.798. The Hall–Kier alpha value is -0.150. The third-order valence-corrected chi connectivity index (χ3v) is 3.39. The number of thioether (sulfide) groups is 1. The summed E-state index contributed by atoms with van der Waals surface area (Å²) in [5, 5.41) is 0. The molecule has 0 spiro atoms. The minimum Gasteiger partial charge on any atom is -0.324 e. The van der Waals surface area contributed by atoms with Crippen molar-refractivity contribution in [1.29, 1.82) is 0 Å². The molecule has 0 aliphatic heterocycles. The van der Waals surface area contributed by atoms with Crippen LogP contribution in [-0.4, -0.2) is 5.51 Å². The van der Waals surface area contributed by atoms with E-state index in [-0.39, 0.29) is 16.7 Å². The third-order valence-electron chi connectivity index (χ3n) is 1.32. The first-order valence-corrected chi connectivity index (χ1v) is 5.34. The van der Waals surface area contributed by atoms with E-state index in [0.717, 1.165) is 0 Å². The second-order valence-electron chi connectivity index (χ2n) is 2.34. The molecule has 0 fully saturated rings. The van der Waals surface area contributed by atoms with Crippen LogP contribution in [0.1, 0.15) is 0 Å². The molecule has 1 rings (SSSR count). The minimum atomic E-state index is -4.25. The first-order valence-electron chi connectivity index (χ1n) is 3.44. The summed E-state index contributed by atoms with van der Waals surface area (Å²) < 4.78 is 36.6. The van der Waals surface area contributed by atoms with Crippen molar-refractivity contribution in [3.05, 3.63) is 21.8 Å². The summed E-state index contributed by atoms with van der Waals surface area (Å²) in [6.07, 6.45) is 0. The Kier molecular flexibility index (Phi) is 3.90. The quantitative estimate of drug-likeness (QED) is 0.378. The maximum Gasteiger partial charge on any atom is 0.446 e. The summed E-state index contributed by atoms with van der Waals surface area (Å²) in [5.41, 5.74) is -1.31. The first kappa shape index (κ1) is 11.9. The summed E-state index contributed by atoms with van der Waals surface area (Å²) in [4.78, 5) is 0.178. The lowest BCUT2D eigenvalue weighted by Crippen LogP contribution is -2.07. The molecule has 2 nitrogen and oxygen atoms in total. The lowest BCUT2D eigenvalue weighted by Gasteiger charge is -2.08. The van der Waals surface area contributed by atoms with Gasteiger partial charge in [-0.2, -0.15) is 13.2 Å². The van der Waals surface area contributed by atoms with Crippen LogP contribution in [0, 0.1) is 3.57 Å². The number of anilines is 1. The van der Waals surface area contributed by atoms with Gasteiger partial charge in [0.25, 0.3) is 0 Å². The molecule has 0 atom stereocenters. The number of nitrogen functional groups attached to an aromatic ring is 1. The van der Waals surface area contributed by atoms with Gasteiger partial charge in [0, 0.05) is 14.2 Å². The number of benzene rings is 1. The number of nitrogens with two attached hydrogens (primary N) is 1. The maximum absolute atomic E-state index is 12.0. The number of hydrazine groups is 1. The lowest BCUT2D eigenvalue weighted by atomic mass is 10.3. The van der Waals surface area contributed by atoms with Crippen LogP contribution in [0.4, 0.5) is 18.9 Å². The topological polar surface area (TPSA) is 38.0 Å². The molecular formula is C7H6F3IN2S. The van der Waals surface area contributed by atoms with Crippen molar-refractivity contribution in [3.63, 3.8) is 0 Å². The lowest BCUT2D eigenvalue weighted by molar-refractivity contribution is -0.0328. The highest BCUT2D eigenvalue weighted by Gasteiger charge is 2.30. The molecule has 0 radical (unpaired) electrons. The van der Waals surface area contributed by atoms with Gasteiger partial charge in [0.1, 0.15) is 0 Å². The average Bonchev–Trinajstić information content (AvgIpc) is 2.06. The fourth-order valence-corrected chi connectivity index (χ4v) is 2.19. The van der Waals surface area contributed by atoms with Crippen LogP contribution >= 0.6 is 34.4 Å². The van der Waals surface area contributed by atoms with Crippen molar-refractivity contribution >= 4 is 40.0 Å². The highest BCUT2D eigenvalue weighted by Crippen LogP contribution is 2.39. The number of nitrogens with one attached hydrogen (secondary N) is 1. The van der Waals surface area contributed by atoms with Crippen LogP contribution in [0.2, 0.25) is 0 Å². The molecule has 1 aromatic carbocycles. The number of halogens is 4. The predicted octanol–water partition coefficient (Wildman–Crippen LogP) is 3.19. The fraction of sp³-hybridized carbons (Fsp3) is 0.143. The van der Waals surface area contributed by atoms with Crippen LogP contribution in [0.15, 0.2) is 23.1 Å². The van der Waals surface area contributed by atoms with Gasteiger partial charge in [-0.05, 0) is 52.6 Å². The highest BCUT2D eigenvalue weighted by atomic mass is 127. The van der Waals surface area contributed by atoms with Crippen LogP contribution in [-0.2, 0) is 0 Å². The molecule has 0 aliphatic carbocycles. The Morgan fingerprint density at radius 1 is 1.36 bits per heavy atom. The van der Waals surface area contributed by atoms with E-state index in [0.29, 0.717) is 9.26 Å². The van der Waals surface area contributed by atoms with Crippen molar-refractivity contribution in [2.24, 2.45) is 5.84 Å². The van der Waals surface area contributed by atoms with E-state index in [1.807, 2.05) is 22.6 Å². The van der Waals surface area contributed by atoms with Crippen molar-refractivity contribution < 1.29 is 13.2 Å². The zero-order valence-electron chi connectivity index (χ0n) is 6.73. The summed E-state index contributed by atoms with van der Waals surface area (Å²) >= 11 is 1.70. The number of hydrogen-bond acceptors (Lipinski definition) is 3. The monoisotopic (exact) mass is 334 g/mol. The van der Waals surface area contributed by atoms with Crippen molar-refractivity contribution in [2.45, 2.75) is 10.4 Å². The zero-order chi connectivity index (χ0) is 10.8. The van der Waals surface area contributed by atoms with E-state index >= 15 is 0 Å². The van der Waals surface area contributed by atoms with Crippen molar-refractivity contribution in [1.82, 2.24) is 0 Å². The summed E-state index contributed by atoms with van der Waals surface area (Å²) in [6, 6.07) is 4.43. The molecule has 0 bridgehead atoms. The summed E-state index contributed by atoms with van der Waals surface area (Å²) in [6.45, 7) is 0. The molecule has 3 N–H and O–H groups in total. The normalized spacial score (nSPS) is 11.5. The Morgan fingerprint density at radius 2 is 2.00 bits per heavy atom. The molecule has 7 heteroatoms. The van der Waals surface area contributed by atoms with E-state index < -0.39 is 5.51 Å². The first-order chi connectivity index (χ1) is 6.42. The van der Waals surface area contributed by atoms with Crippen LogP contribution in [0.3, 0.4) is 0 Å². The average molecular weight is 334 g/mol. The predicted molar refractivity (Wildman–Crippen MR) is 58.9 cm³/mol. The zero-order valence-corrected chi connectivity index (χ0v) is 9.70. The van der Waals surface area contributed by atoms with Gasteiger partial charge in [-0.1, -0.05) is 0 Å². The van der Waals surface area contributed by atoms with E-state index in [2.05, 4.69) is 5.43 Å². The van der Waals surface area contributed by atoms with E-state index in [1.165, 1.54) is 12.1 Å². The number of rotatable bonds is 2. The van der Waals surface area contributed by atoms with Crippen molar-refractivity contribution in [3.8, 4) is 0 Å². The number of alkyl halides is 3. The van der Waals surface area contributed by atoms with Gasteiger partial charge >= 0.3 is 5.51 Å². The van der Waals surface area contributed by atoms with Gasteiger partial charge in [-0.15, -0.1) is 0 Å². The van der Waals surface area contributed by atoms with Crippen LogP contribution < -0.4 is 11.3 Å². The Bertz CT molecular complexity index is 329. The Labute approximate surface area is 96.5 Å². The molecular weight excluding hydrogens is 328 g/mol. The largest absolute Gasteiger partial charge is 0.446 e. The van der Waals surface area contributed by atoms with E-state index in [1.54, 1.807) is 6.07 Å². The molecule has 0 amide bonds. The molecule has 0 aliphatic rings. The summed E-state index contributed by atoms with van der Waals surface area (Å²) in [7, 11) is 0. The Morgan fingerprint density at radius 3 is 2.43 bits per heavy atom. The smallest absolute Gasteiger partial charge is 0.324 e. The molecule has 0 unspecified atom stereocenters. The second-order valence-corrected chi connectivity index (χ2v) is 4.61. The summed E-state index contributed by atoms with van der Waals surface area (Å²) in [5.74, 6) is 5.11. The van der Waals surface area contributed by atoms with E-state index in [4.69, 9.17) is 5.84 Å². The molecule has 14 heavy (non-hydrogen) atoms. The van der Waals surface area contributed by atoms with Gasteiger partial charge < -0.3 is 5.43 Å². The molecule has 0 saturated heterocycles. The standard InChI is InChI=1S/C7H6F3IN2S/c8-7(9,10)14-6-2-1-4(13-12)3-5(6)11/h1-3,13H,12H2. The molecule has 0 saturated carbocycles. The van der Waals surface area contributed by atoms with Gasteiger partial charge in [-0.25, -0.2) is 0 Å². The second kappa shape index (κ2) is 4.58. The maximum atomic E-state index is 12.0. The van der Waals surface area contributed by atoms with Crippen LogP contribution in [0.25, 0.3) is 0 Å². The Balaban J connectivity index is 2.89. The van der Waals surface area contributed by atoms with Gasteiger partial charge in [0.15, 0.2) is 0 Å². The van der Waals surface area contributed by atoms with Gasteiger partial charge in [-0.3, -0.25) is 5.84 Å². The SMILES string of the molecule is NNc1ccc(SC(F)(F)F)c(I)c1. The third kappa shape index (κ3) is 3.54. The van der Waals surface area contributed by atoms with Crippen LogP contribution in [0.5, 0.6) is 0 Å². The molecule has 0 aromatic heterocycles. The highest BCUT2D eigenvalue weighted by molar-refractivity contribution is 14.1. The molecule has 0 heterocycles. The van der Waals surface area contributed by atoms with Gasteiger partial charge in [0.2, 0.25) is 0 Å². The van der Waals surface area contributed by atoms with Gasteiger partial charge in [0.05, 0.1) is 0 Å². The molecule has 78 valence electrons. The minimum absolute atomic E-state index is 0.130. The molecule has 1 aromatic rings. The van der Waals surface area contributed by atoms with Crippen molar-refractivity contribution in [2.75, 3.05) is 5.43 Å².